The van der Waals surface area contributed by atoms with Crippen molar-refractivity contribution in [1.29, 1.82) is 0 Å². The molecule has 2 aromatic carbocycles. The maximum absolute atomic E-state index is 13.1. The van der Waals surface area contributed by atoms with Gasteiger partial charge >= 0.3 is 0 Å². The van der Waals surface area contributed by atoms with E-state index < -0.39 is 0 Å². The molecule has 1 aromatic heterocycles. The molecule has 2 amide bonds. The maximum Gasteiger partial charge on any atom is 0.260 e. The highest BCUT2D eigenvalue weighted by Crippen LogP contribution is 2.41. The van der Waals surface area contributed by atoms with E-state index in [1.165, 1.54) is 4.90 Å². The van der Waals surface area contributed by atoms with Crippen molar-refractivity contribution in [2.24, 2.45) is 11.8 Å². The van der Waals surface area contributed by atoms with Crippen molar-refractivity contribution in [3.8, 4) is 0 Å². The first-order chi connectivity index (χ1) is 16.1. The van der Waals surface area contributed by atoms with Gasteiger partial charge in [-0.05, 0) is 42.5 Å². The van der Waals surface area contributed by atoms with E-state index in [2.05, 4.69) is 27.5 Å². The molecule has 1 saturated heterocycles. The summed E-state index contributed by atoms with van der Waals surface area (Å²) in [6, 6.07) is 17.7. The molecular formula is C25H22ClN5O2. The third kappa shape index (κ3) is 3.35. The minimum atomic E-state index is -0.317. The third-order valence-corrected chi connectivity index (χ3v) is 7.09. The summed E-state index contributed by atoms with van der Waals surface area (Å²) in [5.41, 5.74) is 2.18. The van der Waals surface area contributed by atoms with Crippen LogP contribution in [0, 0.1) is 11.8 Å². The van der Waals surface area contributed by atoms with Crippen LogP contribution in [0.15, 0.2) is 66.7 Å². The molecule has 0 bridgehead atoms. The molecule has 3 heterocycles. The van der Waals surface area contributed by atoms with Crippen LogP contribution in [0.25, 0.3) is 0 Å². The summed E-state index contributed by atoms with van der Waals surface area (Å²) < 4.78 is 1.80. The lowest BCUT2D eigenvalue weighted by Gasteiger charge is -2.31. The number of nitrogens with one attached hydrogen (secondary N) is 1. The quantitative estimate of drug-likeness (QED) is 0.459. The van der Waals surface area contributed by atoms with E-state index in [9.17, 15) is 9.59 Å². The Morgan fingerprint density at radius 2 is 1.55 bits per heavy atom. The molecule has 4 atom stereocenters. The first-order valence-electron chi connectivity index (χ1n) is 11.2. The van der Waals surface area contributed by atoms with Gasteiger partial charge in [0, 0.05) is 5.02 Å². The van der Waals surface area contributed by atoms with E-state index in [-0.39, 0.29) is 41.7 Å². The minimum Gasteiger partial charge on any atom is -0.347 e. The van der Waals surface area contributed by atoms with Crippen LogP contribution in [-0.4, -0.2) is 26.6 Å². The second-order valence-electron chi connectivity index (χ2n) is 8.76. The molecule has 33 heavy (non-hydrogen) atoms. The molecular weight excluding hydrogens is 438 g/mol. The fraction of sp³-hybridized carbons (Fsp3) is 0.280. The van der Waals surface area contributed by atoms with Gasteiger partial charge in [-0.2, -0.15) is 4.98 Å². The molecule has 166 valence electrons. The number of rotatable bonds is 3. The van der Waals surface area contributed by atoms with Crippen LogP contribution in [0.1, 0.15) is 42.5 Å². The number of benzene rings is 2. The standard InChI is InChI=1S/C25H22ClN5O2/c26-17-12-10-15(11-13-17)20-14-21(16-6-2-1-3-7-16)31-24(27-20)28-25(29-31)30-22(32)18-8-4-5-9-19(18)23(30)33/h1-7,10-13,18-21H,8-9,14H2,(H,27,28,29)/t18-,19-,20-,21+/m0/s1. The van der Waals surface area contributed by atoms with Crippen LogP contribution in [0.5, 0.6) is 0 Å². The molecule has 8 heteroatoms. The molecule has 0 radical (unpaired) electrons. The number of anilines is 2. The predicted molar refractivity (Wildman–Crippen MR) is 125 cm³/mol. The van der Waals surface area contributed by atoms with Gasteiger partial charge in [0.1, 0.15) is 0 Å². The number of hydrogen-bond acceptors (Lipinski definition) is 5. The molecule has 0 unspecified atom stereocenters. The summed E-state index contributed by atoms with van der Waals surface area (Å²) >= 11 is 6.09. The lowest BCUT2D eigenvalue weighted by Crippen LogP contribution is -2.32. The summed E-state index contributed by atoms with van der Waals surface area (Å²) in [6.07, 6.45) is 5.86. The fourth-order valence-electron chi connectivity index (χ4n) is 5.12. The van der Waals surface area contributed by atoms with E-state index in [0.29, 0.717) is 23.8 Å². The molecule has 6 rings (SSSR count). The molecule has 7 nitrogen and oxygen atoms in total. The Morgan fingerprint density at radius 1 is 0.879 bits per heavy atom. The highest BCUT2D eigenvalue weighted by Gasteiger charge is 2.49. The number of nitrogens with zero attached hydrogens (tertiary/aromatic N) is 4. The van der Waals surface area contributed by atoms with Crippen molar-refractivity contribution >= 4 is 35.3 Å². The first kappa shape index (κ1) is 20.2. The Hall–Kier alpha value is -3.45. The average Bonchev–Trinajstić information content (AvgIpc) is 3.38. The predicted octanol–water partition coefficient (Wildman–Crippen LogP) is 4.53. The van der Waals surface area contributed by atoms with Crippen molar-refractivity contribution in [3.05, 3.63) is 82.9 Å². The first-order valence-corrected chi connectivity index (χ1v) is 11.5. The molecule has 3 aromatic rings. The number of amides is 2. The van der Waals surface area contributed by atoms with Gasteiger partial charge in [-0.3, -0.25) is 9.59 Å². The zero-order chi connectivity index (χ0) is 22.5. The largest absolute Gasteiger partial charge is 0.347 e. The fourth-order valence-corrected chi connectivity index (χ4v) is 5.25. The van der Waals surface area contributed by atoms with Crippen LogP contribution in [0.4, 0.5) is 11.9 Å². The van der Waals surface area contributed by atoms with Crippen LogP contribution in [0.2, 0.25) is 5.02 Å². The van der Waals surface area contributed by atoms with Crippen LogP contribution < -0.4 is 10.2 Å². The number of fused-ring (bicyclic) bond motifs is 2. The maximum atomic E-state index is 13.1. The molecule has 1 aliphatic carbocycles. The number of allylic oxidation sites excluding steroid dienone is 2. The Labute approximate surface area is 196 Å². The Kier molecular flexibility index (Phi) is 4.80. The molecule has 0 spiro atoms. The number of hydrogen-bond donors (Lipinski definition) is 1. The summed E-state index contributed by atoms with van der Waals surface area (Å²) in [7, 11) is 0. The molecule has 0 saturated carbocycles. The number of carbonyl (C=O) groups excluding carboxylic acids is 2. The Balaban J connectivity index is 1.40. The highest BCUT2D eigenvalue weighted by molar-refractivity contribution is 6.30. The molecule has 2 aliphatic heterocycles. The summed E-state index contributed by atoms with van der Waals surface area (Å²) in [4.78, 5) is 32.0. The van der Waals surface area contributed by atoms with Gasteiger partial charge in [-0.15, -0.1) is 5.10 Å². The average molecular weight is 460 g/mol. The lowest BCUT2D eigenvalue weighted by atomic mass is 9.85. The van der Waals surface area contributed by atoms with Gasteiger partial charge in [0.05, 0.1) is 23.9 Å². The van der Waals surface area contributed by atoms with Gasteiger partial charge in [0.15, 0.2) is 0 Å². The summed E-state index contributed by atoms with van der Waals surface area (Å²) in [6.45, 7) is 0. The van der Waals surface area contributed by atoms with Crippen LogP contribution in [-0.2, 0) is 9.59 Å². The highest BCUT2D eigenvalue weighted by atomic mass is 35.5. The van der Waals surface area contributed by atoms with Crippen molar-refractivity contribution in [3.63, 3.8) is 0 Å². The van der Waals surface area contributed by atoms with Gasteiger partial charge in [-0.1, -0.05) is 66.2 Å². The number of halogens is 1. The van der Waals surface area contributed by atoms with E-state index >= 15 is 0 Å². The van der Waals surface area contributed by atoms with Crippen LogP contribution >= 0.6 is 11.6 Å². The summed E-state index contributed by atoms with van der Waals surface area (Å²) in [5, 5.41) is 8.81. The monoisotopic (exact) mass is 459 g/mol. The Morgan fingerprint density at radius 3 is 2.21 bits per heavy atom. The zero-order valence-electron chi connectivity index (χ0n) is 17.8. The van der Waals surface area contributed by atoms with E-state index in [1.807, 2.05) is 54.6 Å². The Bertz CT molecular complexity index is 1230. The molecule has 1 N–H and O–H groups in total. The zero-order valence-corrected chi connectivity index (χ0v) is 18.5. The number of carbonyl (C=O) groups is 2. The van der Waals surface area contributed by atoms with Crippen molar-refractivity contribution in [2.75, 3.05) is 10.2 Å². The smallest absolute Gasteiger partial charge is 0.260 e. The van der Waals surface area contributed by atoms with E-state index in [4.69, 9.17) is 11.6 Å². The number of imide groups is 1. The second kappa shape index (κ2) is 7.85. The van der Waals surface area contributed by atoms with Gasteiger partial charge in [0.2, 0.25) is 17.8 Å². The SMILES string of the molecule is O=C1[C@H]2CC=CC[C@@H]2C(=O)N1c1nc2n(n1)[C@@H](c1ccccc1)C[C@@H](c1ccc(Cl)cc1)N2. The van der Waals surface area contributed by atoms with Gasteiger partial charge < -0.3 is 5.32 Å². The van der Waals surface area contributed by atoms with E-state index in [1.54, 1.807) is 4.68 Å². The normalized spacial score (nSPS) is 26.2. The second-order valence-corrected chi connectivity index (χ2v) is 9.19. The topological polar surface area (TPSA) is 80.1 Å². The molecule has 3 aliphatic rings. The summed E-state index contributed by atoms with van der Waals surface area (Å²) in [5.74, 6) is -0.352. The van der Waals surface area contributed by atoms with E-state index in [0.717, 1.165) is 17.5 Å². The van der Waals surface area contributed by atoms with Crippen molar-refractivity contribution in [2.45, 2.75) is 31.3 Å². The lowest BCUT2D eigenvalue weighted by molar-refractivity contribution is -0.122. The minimum absolute atomic E-state index is 0.0196. The van der Waals surface area contributed by atoms with Crippen molar-refractivity contribution in [1.82, 2.24) is 14.8 Å². The van der Waals surface area contributed by atoms with Crippen molar-refractivity contribution < 1.29 is 9.59 Å². The van der Waals surface area contributed by atoms with Crippen LogP contribution in [0.3, 0.4) is 0 Å². The number of aromatic nitrogens is 3. The third-order valence-electron chi connectivity index (χ3n) is 6.84. The molecule has 1 fully saturated rings. The van der Waals surface area contributed by atoms with Gasteiger partial charge in [-0.25, -0.2) is 9.58 Å². The van der Waals surface area contributed by atoms with Gasteiger partial charge in [0.25, 0.3) is 5.95 Å².